The van der Waals surface area contributed by atoms with Crippen LogP contribution in [0.3, 0.4) is 0 Å². The molecule has 176 valence electrons. The summed E-state index contributed by atoms with van der Waals surface area (Å²) in [6, 6.07) is 7.08. The fourth-order valence-corrected chi connectivity index (χ4v) is 3.76. The summed E-state index contributed by atoms with van der Waals surface area (Å²) in [4.78, 5) is 35.3. The zero-order valence-electron chi connectivity index (χ0n) is 18.0. The molecule has 1 unspecified atom stereocenters. The molecule has 2 amide bonds. The molecule has 7 nitrogen and oxygen atoms in total. The van der Waals surface area contributed by atoms with E-state index in [4.69, 9.17) is 4.74 Å². The van der Waals surface area contributed by atoms with Crippen molar-refractivity contribution < 1.29 is 31.9 Å². The average Bonchev–Trinajstić information content (AvgIpc) is 2.89. The third-order valence-electron chi connectivity index (χ3n) is 5.40. The zero-order valence-corrected chi connectivity index (χ0v) is 18.0. The molecule has 0 saturated heterocycles. The number of rotatable bonds is 4. The van der Waals surface area contributed by atoms with Gasteiger partial charge in [-0.2, -0.15) is 13.2 Å². The molecule has 11 heteroatoms. The lowest BCUT2D eigenvalue weighted by molar-refractivity contribution is -0.137. The van der Waals surface area contributed by atoms with Crippen molar-refractivity contribution in [3.63, 3.8) is 0 Å². The summed E-state index contributed by atoms with van der Waals surface area (Å²) in [5, 5.41) is 2.46. The highest BCUT2D eigenvalue weighted by atomic mass is 19.4. The maximum absolute atomic E-state index is 15.3. The molecule has 34 heavy (non-hydrogen) atoms. The summed E-state index contributed by atoms with van der Waals surface area (Å²) in [6.07, 6.45) is -1.80. The molecule has 3 aromatic rings. The number of nitrogens with one attached hydrogen (secondary N) is 1. The summed E-state index contributed by atoms with van der Waals surface area (Å²) in [7, 11) is 1.25. The average molecular weight is 474 g/mol. The highest BCUT2D eigenvalue weighted by Gasteiger charge is 2.36. The van der Waals surface area contributed by atoms with E-state index < -0.39 is 41.8 Å². The Balaban J connectivity index is 1.69. The Labute approximate surface area is 191 Å². The highest BCUT2D eigenvalue weighted by Crippen LogP contribution is 2.43. The zero-order chi connectivity index (χ0) is 24.6. The minimum atomic E-state index is -4.51. The van der Waals surface area contributed by atoms with Crippen molar-refractivity contribution in [1.29, 1.82) is 0 Å². The van der Waals surface area contributed by atoms with Gasteiger partial charge in [0.05, 0.1) is 41.7 Å². The minimum absolute atomic E-state index is 0.00924. The number of carbonyl (C=O) groups excluding carboxylic acids is 2. The minimum Gasteiger partial charge on any atom is -0.479 e. The van der Waals surface area contributed by atoms with Crippen molar-refractivity contribution in [3.8, 4) is 17.0 Å². The van der Waals surface area contributed by atoms with E-state index in [0.717, 1.165) is 29.2 Å². The first-order chi connectivity index (χ1) is 16.1. The van der Waals surface area contributed by atoms with E-state index in [-0.39, 0.29) is 22.8 Å². The smallest absolute Gasteiger partial charge is 0.416 e. The van der Waals surface area contributed by atoms with Crippen LogP contribution in [0, 0.1) is 5.82 Å². The van der Waals surface area contributed by atoms with Gasteiger partial charge in [0.2, 0.25) is 11.8 Å². The Morgan fingerprint density at radius 1 is 1.18 bits per heavy atom. The molecule has 0 aliphatic carbocycles. The second-order valence-electron chi connectivity index (χ2n) is 7.55. The van der Waals surface area contributed by atoms with Gasteiger partial charge < -0.3 is 15.0 Å². The number of anilines is 2. The second kappa shape index (κ2) is 8.73. The Morgan fingerprint density at radius 3 is 2.53 bits per heavy atom. The molecule has 1 atom stereocenters. The third kappa shape index (κ3) is 4.16. The van der Waals surface area contributed by atoms with Crippen LogP contribution >= 0.6 is 0 Å². The molecule has 0 radical (unpaired) electrons. The number of methoxy groups -OCH3 is 1. The van der Waals surface area contributed by atoms with Crippen molar-refractivity contribution in [3.05, 3.63) is 65.9 Å². The Kier molecular flexibility index (Phi) is 5.94. The van der Waals surface area contributed by atoms with Crippen LogP contribution in [0.25, 0.3) is 11.1 Å². The lowest BCUT2D eigenvalue weighted by Gasteiger charge is -2.24. The fourth-order valence-electron chi connectivity index (χ4n) is 3.76. The van der Waals surface area contributed by atoms with Gasteiger partial charge in [0.15, 0.2) is 5.82 Å². The molecule has 0 saturated carbocycles. The summed E-state index contributed by atoms with van der Waals surface area (Å²) in [5.41, 5.74) is -0.0116. The van der Waals surface area contributed by atoms with E-state index in [1.165, 1.54) is 19.5 Å². The quantitative estimate of drug-likeness (QED) is 0.567. The topological polar surface area (TPSA) is 84.4 Å². The molecule has 4 rings (SSSR count). The number of halogens is 4. The SMILES string of the molecule is COc1ncc2c(c1F)-c1cccnc1C(C)C(=O)N2CC(=O)Nc1ccc(C(F)(F)F)cc1. The number of hydrogen-bond acceptors (Lipinski definition) is 5. The molecule has 0 fully saturated rings. The molecule has 1 aromatic carbocycles. The third-order valence-corrected chi connectivity index (χ3v) is 5.40. The maximum atomic E-state index is 15.3. The number of alkyl halides is 3. The summed E-state index contributed by atoms with van der Waals surface area (Å²) >= 11 is 0. The van der Waals surface area contributed by atoms with E-state index in [9.17, 15) is 22.8 Å². The van der Waals surface area contributed by atoms with Gasteiger partial charge in [0, 0.05) is 17.4 Å². The number of hydrogen-bond donors (Lipinski definition) is 1. The van der Waals surface area contributed by atoms with Crippen LogP contribution in [-0.2, 0) is 15.8 Å². The van der Waals surface area contributed by atoms with Crippen LogP contribution in [0.5, 0.6) is 5.88 Å². The van der Waals surface area contributed by atoms with Crippen LogP contribution in [-0.4, -0.2) is 35.4 Å². The molecule has 1 aliphatic heterocycles. The van der Waals surface area contributed by atoms with E-state index in [0.29, 0.717) is 11.3 Å². The second-order valence-corrected chi connectivity index (χ2v) is 7.55. The van der Waals surface area contributed by atoms with E-state index in [1.54, 1.807) is 19.1 Å². The normalized spacial score (nSPS) is 15.3. The first-order valence-corrected chi connectivity index (χ1v) is 10.1. The lowest BCUT2D eigenvalue weighted by atomic mass is 9.98. The highest BCUT2D eigenvalue weighted by molar-refractivity contribution is 6.09. The Morgan fingerprint density at radius 2 is 1.88 bits per heavy atom. The molecule has 0 bridgehead atoms. The monoisotopic (exact) mass is 474 g/mol. The number of benzene rings is 1. The molecule has 2 aromatic heterocycles. The van der Waals surface area contributed by atoms with Gasteiger partial charge in [0.1, 0.15) is 6.54 Å². The number of nitrogens with zero attached hydrogens (tertiary/aromatic N) is 3. The van der Waals surface area contributed by atoms with Gasteiger partial charge in [-0.3, -0.25) is 14.6 Å². The van der Waals surface area contributed by atoms with Gasteiger partial charge in [-0.05, 0) is 37.3 Å². The summed E-state index contributed by atoms with van der Waals surface area (Å²) in [5.74, 6) is -3.13. The molecular weight excluding hydrogens is 456 g/mol. The maximum Gasteiger partial charge on any atom is 0.416 e. The van der Waals surface area contributed by atoms with Crippen LogP contribution < -0.4 is 15.0 Å². The molecule has 1 N–H and O–H groups in total. The van der Waals surface area contributed by atoms with Gasteiger partial charge in [-0.1, -0.05) is 6.07 Å². The predicted molar refractivity (Wildman–Crippen MR) is 115 cm³/mol. The van der Waals surface area contributed by atoms with E-state index >= 15 is 4.39 Å². The number of ether oxygens (including phenoxy) is 1. The number of pyridine rings is 2. The van der Waals surface area contributed by atoms with Gasteiger partial charge >= 0.3 is 6.18 Å². The Bertz CT molecular complexity index is 1260. The van der Waals surface area contributed by atoms with Crippen molar-refractivity contribution in [1.82, 2.24) is 9.97 Å². The summed E-state index contributed by atoms with van der Waals surface area (Å²) in [6.45, 7) is 1.06. The van der Waals surface area contributed by atoms with Crippen LogP contribution in [0.2, 0.25) is 0 Å². The predicted octanol–water partition coefficient (Wildman–Crippen LogP) is 4.40. The van der Waals surface area contributed by atoms with Crippen molar-refractivity contribution in [2.24, 2.45) is 0 Å². The largest absolute Gasteiger partial charge is 0.479 e. The van der Waals surface area contributed by atoms with E-state index in [2.05, 4.69) is 15.3 Å². The number of fused-ring (bicyclic) bond motifs is 3. The van der Waals surface area contributed by atoms with Crippen LogP contribution in [0.1, 0.15) is 24.1 Å². The van der Waals surface area contributed by atoms with Crippen molar-refractivity contribution in [2.75, 3.05) is 23.9 Å². The van der Waals surface area contributed by atoms with Crippen LogP contribution in [0.15, 0.2) is 48.8 Å². The van der Waals surface area contributed by atoms with E-state index in [1.807, 2.05) is 0 Å². The van der Waals surface area contributed by atoms with Gasteiger partial charge in [0.25, 0.3) is 5.88 Å². The summed E-state index contributed by atoms with van der Waals surface area (Å²) < 4.78 is 58.6. The Hall–Kier alpha value is -4.02. The van der Waals surface area contributed by atoms with Gasteiger partial charge in [-0.25, -0.2) is 9.37 Å². The van der Waals surface area contributed by atoms with Crippen molar-refractivity contribution in [2.45, 2.75) is 19.0 Å². The molecule has 1 aliphatic rings. The van der Waals surface area contributed by atoms with Crippen molar-refractivity contribution >= 4 is 23.2 Å². The number of aromatic nitrogens is 2. The standard InChI is InChI=1S/C23H18F4N4O3/c1-12-20-15(4-3-9-28-20)18-16(10-29-21(34-2)19(18)24)31(22(12)33)11-17(32)30-14-7-5-13(6-8-14)23(25,26)27/h3-10,12H,11H2,1-2H3,(H,30,32). The molecular formula is C23H18F4N4O3. The number of amides is 2. The van der Waals surface area contributed by atoms with Crippen LogP contribution in [0.4, 0.5) is 28.9 Å². The lowest BCUT2D eigenvalue weighted by Crippen LogP contribution is -2.40. The molecule has 0 spiro atoms. The first-order valence-electron chi connectivity index (χ1n) is 10.1. The first kappa shape index (κ1) is 23.1. The van der Waals surface area contributed by atoms with Gasteiger partial charge in [-0.15, -0.1) is 0 Å². The number of carbonyl (C=O) groups is 2. The fraction of sp³-hybridized carbons (Fsp3) is 0.217. The molecule has 3 heterocycles.